The molecular weight excluding hydrogens is 178 g/mol. The van der Waals surface area contributed by atoms with Crippen LogP contribution >= 0.6 is 0 Å². The predicted molar refractivity (Wildman–Crippen MR) is 54.2 cm³/mol. The Kier molecular flexibility index (Phi) is 2.11. The summed E-state index contributed by atoms with van der Waals surface area (Å²) in [5.41, 5.74) is -0.0289. The fourth-order valence-electron chi connectivity index (χ4n) is 2.55. The molecule has 0 unspecified atom stereocenters. The van der Waals surface area contributed by atoms with Crippen molar-refractivity contribution in [3.8, 4) is 0 Å². The number of likely N-dealkylation sites (tertiary alicyclic amines) is 1. The second-order valence-electron chi connectivity index (χ2n) is 4.90. The first-order valence-electron chi connectivity index (χ1n) is 5.57. The van der Waals surface area contributed by atoms with Gasteiger partial charge >= 0.3 is 5.97 Å². The zero-order chi connectivity index (χ0) is 10.4. The highest BCUT2D eigenvalue weighted by Crippen LogP contribution is 2.50. The van der Waals surface area contributed by atoms with Crippen molar-refractivity contribution in [2.75, 3.05) is 13.1 Å². The summed E-state index contributed by atoms with van der Waals surface area (Å²) in [4.78, 5) is 13.2. The minimum absolute atomic E-state index is 0.422. The number of rotatable bonds is 4. The van der Waals surface area contributed by atoms with Crippen LogP contribution in [0.15, 0.2) is 0 Å². The lowest BCUT2D eigenvalue weighted by atomic mass is 9.74. The van der Waals surface area contributed by atoms with Crippen molar-refractivity contribution in [1.82, 2.24) is 4.90 Å². The Morgan fingerprint density at radius 2 is 1.79 bits per heavy atom. The minimum atomic E-state index is -0.613. The average Bonchev–Trinajstić information content (AvgIpc) is 2.85. The van der Waals surface area contributed by atoms with Crippen LogP contribution in [0.2, 0.25) is 0 Å². The molecular formula is C11H19NO2. The Labute approximate surface area is 85.1 Å². The molecule has 1 saturated heterocycles. The summed E-state index contributed by atoms with van der Waals surface area (Å²) in [6, 6.07) is 0. The number of carboxylic acids is 1. The van der Waals surface area contributed by atoms with E-state index in [4.69, 9.17) is 5.11 Å². The lowest BCUT2D eigenvalue weighted by Gasteiger charge is -2.52. The smallest absolute Gasteiger partial charge is 0.324 e. The van der Waals surface area contributed by atoms with Gasteiger partial charge in [0.15, 0.2) is 0 Å². The van der Waals surface area contributed by atoms with Crippen molar-refractivity contribution in [2.45, 2.75) is 45.1 Å². The van der Waals surface area contributed by atoms with Crippen LogP contribution in [0.4, 0.5) is 0 Å². The Bertz CT molecular complexity index is 246. The lowest BCUT2D eigenvalue weighted by Crippen LogP contribution is -2.62. The van der Waals surface area contributed by atoms with Crippen molar-refractivity contribution in [2.24, 2.45) is 5.41 Å². The van der Waals surface area contributed by atoms with E-state index in [0.717, 1.165) is 25.9 Å². The summed E-state index contributed by atoms with van der Waals surface area (Å²) in [7, 11) is 0. The van der Waals surface area contributed by atoms with Crippen LogP contribution in [0.5, 0.6) is 0 Å². The quantitative estimate of drug-likeness (QED) is 0.746. The van der Waals surface area contributed by atoms with Crippen LogP contribution in [0, 0.1) is 5.41 Å². The van der Waals surface area contributed by atoms with Gasteiger partial charge in [-0.15, -0.1) is 0 Å². The fourth-order valence-corrected chi connectivity index (χ4v) is 2.55. The molecule has 1 aliphatic carbocycles. The largest absolute Gasteiger partial charge is 0.480 e. The molecule has 0 aromatic heterocycles. The zero-order valence-electron chi connectivity index (χ0n) is 9.05. The number of hydrogen-bond donors (Lipinski definition) is 1. The maximum Gasteiger partial charge on any atom is 0.324 e. The Hall–Kier alpha value is -0.570. The Morgan fingerprint density at radius 3 is 2.07 bits per heavy atom. The van der Waals surface area contributed by atoms with E-state index in [1.165, 1.54) is 12.8 Å². The van der Waals surface area contributed by atoms with Crippen molar-refractivity contribution < 1.29 is 9.90 Å². The SMILES string of the molecule is CCC1(CC)CN(C2(C(=O)O)CC2)C1. The van der Waals surface area contributed by atoms with E-state index >= 15 is 0 Å². The van der Waals surface area contributed by atoms with E-state index in [2.05, 4.69) is 18.7 Å². The summed E-state index contributed by atoms with van der Waals surface area (Å²) >= 11 is 0. The molecule has 0 spiro atoms. The molecule has 1 N–H and O–H groups in total. The zero-order valence-corrected chi connectivity index (χ0v) is 9.05. The number of nitrogens with zero attached hydrogens (tertiary/aromatic N) is 1. The van der Waals surface area contributed by atoms with Crippen LogP contribution in [0.25, 0.3) is 0 Å². The molecule has 0 amide bonds. The molecule has 0 bridgehead atoms. The molecule has 1 saturated carbocycles. The molecule has 1 heterocycles. The highest BCUT2D eigenvalue weighted by molar-refractivity contribution is 5.82. The van der Waals surface area contributed by atoms with Gasteiger partial charge in [-0.2, -0.15) is 0 Å². The van der Waals surface area contributed by atoms with Gasteiger partial charge in [0.2, 0.25) is 0 Å². The summed E-state index contributed by atoms with van der Waals surface area (Å²) in [5.74, 6) is -0.613. The summed E-state index contributed by atoms with van der Waals surface area (Å²) < 4.78 is 0. The van der Waals surface area contributed by atoms with Gasteiger partial charge in [0.05, 0.1) is 0 Å². The van der Waals surface area contributed by atoms with Gasteiger partial charge in [-0.25, -0.2) is 0 Å². The van der Waals surface area contributed by atoms with Crippen molar-refractivity contribution in [1.29, 1.82) is 0 Å². The molecule has 2 aliphatic rings. The lowest BCUT2D eigenvalue weighted by molar-refractivity contribution is -0.153. The van der Waals surface area contributed by atoms with Gasteiger partial charge in [0.25, 0.3) is 0 Å². The van der Waals surface area contributed by atoms with E-state index in [9.17, 15) is 4.79 Å². The minimum Gasteiger partial charge on any atom is -0.480 e. The second kappa shape index (κ2) is 2.96. The summed E-state index contributed by atoms with van der Waals surface area (Å²) in [6.45, 7) is 6.40. The number of aliphatic carboxylic acids is 1. The van der Waals surface area contributed by atoms with Crippen molar-refractivity contribution in [3.05, 3.63) is 0 Å². The van der Waals surface area contributed by atoms with Crippen LogP contribution in [-0.4, -0.2) is 34.6 Å². The molecule has 2 fully saturated rings. The first-order valence-corrected chi connectivity index (χ1v) is 5.57. The van der Waals surface area contributed by atoms with E-state index in [0.29, 0.717) is 5.41 Å². The maximum absolute atomic E-state index is 11.1. The predicted octanol–water partition coefficient (Wildman–Crippen LogP) is 1.73. The van der Waals surface area contributed by atoms with Gasteiger partial charge in [-0.3, -0.25) is 9.69 Å². The molecule has 3 heteroatoms. The highest BCUT2D eigenvalue weighted by Gasteiger charge is 2.60. The maximum atomic E-state index is 11.1. The molecule has 2 rings (SSSR count). The molecule has 14 heavy (non-hydrogen) atoms. The van der Waals surface area contributed by atoms with E-state index in [1.54, 1.807) is 0 Å². The fraction of sp³-hybridized carbons (Fsp3) is 0.909. The third-order valence-electron chi connectivity index (χ3n) is 4.28. The van der Waals surface area contributed by atoms with Crippen LogP contribution < -0.4 is 0 Å². The summed E-state index contributed by atoms with van der Waals surface area (Å²) in [6.07, 6.45) is 4.06. The van der Waals surface area contributed by atoms with E-state index < -0.39 is 11.5 Å². The van der Waals surface area contributed by atoms with Crippen molar-refractivity contribution >= 4 is 5.97 Å². The number of carbonyl (C=O) groups is 1. The molecule has 0 atom stereocenters. The van der Waals surface area contributed by atoms with Crippen LogP contribution in [0.1, 0.15) is 39.5 Å². The van der Waals surface area contributed by atoms with Crippen LogP contribution in [0.3, 0.4) is 0 Å². The third kappa shape index (κ3) is 1.18. The molecule has 0 aromatic rings. The second-order valence-corrected chi connectivity index (χ2v) is 4.90. The third-order valence-corrected chi connectivity index (χ3v) is 4.28. The summed E-state index contributed by atoms with van der Waals surface area (Å²) in [5, 5.41) is 9.11. The van der Waals surface area contributed by atoms with E-state index in [1.807, 2.05) is 0 Å². The Morgan fingerprint density at radius 1 is 1.29 bits per heavy atom. The van der Waals surface area contributed by atoms with E-state index in [-0.39, 0.29) is 0 Å². The van der Waals surface area contributed by atoms with Gasteiger partial charge in [-0.05, 0) is 31.1 Å². The molecule has 80 valence electrons. The van der Waals surface area contributed by atoms with Gasteiger partial charge < -0.3 is 5.11 Å². The van der Waals surface area contributed by atoms with Gasteiger partial charge in [-0.1, -0.05) is 13.8 Å². The first kappa shape index (κ1) is 9.97. The Balaban J connectivity index is 1.97. The average molecular weight is 197 g/mol. The number of hydrogen-bond acceptors (Lipinski definition) is 2. The van der Waals surface area contributed by atoms with Crippen LogP contribution in [-0.2, 0) is 4.79 Å². The molecule has 0 aromatic carbocycles. The van der Waals surface area contributed by atoms with Gasteiger partial charge in [0, 0.05) is 13.1 Å². The van der Waals surface area contributed by atoms with Gasteiger partial charge in [0.1, 0.15) is 5.54 Å². The molecule has 3 nitrogen and oxygen atoms in total. The number of carboxylic acid groups (broad SMARTS) is 1. The standard InChI is InChI=1S/C11H19NO2/c1-3-10(4-2)7-12(8-10)11(5-6-11)9(13)14/h3-8H2,1-2H3,(H,13,14). The normalized spacial score (nSPS) is 28.1. The first-order chi connectivity index (χ1) is 6.58. The molecule has 1 aliphatic heterocycles. The monoisotopic (exact) mass is 197 g/mol. The topological polar surface area (TPSA) is 40.5 Å². The van der Waals surface area contributed by atoms with Crippen molar-refractivity contribution in [3.63, 3.8) is 0 Å². The molecule has 0 radical (unpaired) electrons. The highest BCUT2D eigenvalue weighted by atomic mass is 16.4.